The Morgan fingerprint density at radius 2 is 2.00 bits per heavy atom. The minimum atomic E-state index is -0.349. The molecule has 0 saturated heterocycles. The number of anilines is 2. The predicted molar refractivity (Wildman–Crippen MR) is 70.2 cm³/mol. The fourth-order valence-electron chi connectivity index (χ4n) is 1.31. The molecule has 1 aromatic heterocycles. The minimum Gasteiger partial charge on any atom is -0.394 e. The van der Waals surface area contributed by atoms with Crippen LogP contribution >= 0.6 is 0 Å². The van der Waals surface area contributed by atoms with Crippen molar-refractivity contribution < 1.29 is 5.11 Å². The van der Waals surface area contributed by atoms with Crippen LogP contribution in [-0.2, 0) is 0 Å². The number of hydrogen-bond donors (Lipinski definition) is 3. The Bertz CT molecular complexity index is 339. The van der Waals surface area contributed by atoms with Gasteiger partial charge in [-0.25, -0.2) is 4.98 Å². The highest BCUT2D eigenvalue weighted by atomic mass is 16.3. The summed E-state index contributed by atoms with van der Waals surface area (Å²) in [6.45, 7) is 7.03. The number of nitrogens with zero attached hydrogens (tertiary/aromatic N) is 2. The average Bonchev–Trinajstić information content (AvgIpc) is 2.36. The molecule has 0 aromatic carbocycles. The Labute approximate surface area is 103 Å². The van der Waals surface area contributed by atoms with Gasteiger partial charge in [-0.2, -0.15) is 0 Å². The minimum absolute atomic E-state index is 0.0673. The van der Waals surface area contributed by atoms with Gasteiger partial charge in [-0.3, -0.25) is 4.98 Å². The maximum Gasteiger partial charge on any atom is 0.147 e. The molecule has 0 saturated carbocycles. The van der Waals surface area contributed by atoms with Gasteiger partial charge in [0.2, 0.25) is 0 Å². The van der Waals surface area contributed by atoms with Crippen LogP contribution in [-0.4, -0.2) is 33.8 Å². The van der Waals surface area contributed by atoms with Gasteiger partial charge in [0.25, 0.3) is 0 Å². The molecule has 96 valence electrons. The van der Waals surface area contributed by atoms with Crippen molar-refractivity contribution >= 4 is 11.6 Å². The zero-order valence-electron chi connectivity index (χ0n) is 10.8. The standard InChI is InChI=1S/C12H22N4O/c1-4-6-14-10-7-13-8-11(15-10)16-12(3,5-2)9-17/h7-8,17H,4-6,9H2,1-3H3,(H2,14,15,16). The van der Waals surface area contributed by atoms with Crippen molar-refractivity contribution in [1.82, 2.24) is 9.97 Å². The number of aliphatic hydroxyl groups excluding tert-OH is 1. The number of aliphatic hydroxyl groups is 1. The normalized spacial score (nSPS) is 14.1. The Hall–Kier alpha value is -1.36. The molecule has 0 fully saturated rings. The molecule has 0 radical (unpaired) electrons. The second kappa shape index (κ2) is 6.39. The van der Waals surface area contributed by atoms with Crippen molar-refractivity contribution in [2.45, 2.75) is 39.2 Å². The molecule has 0 aliphatic rings. The van der Waals surface area contributed by atoms with Gasteiger partial charge in [-0.15, -0.1) is 0 Å². The highest BCUT2D eigenvalue weighted by molar-refractivity contribution is 5.43. The molecular weight excluding hydrogens is 216 g/mol. The lowest BCUT2D eigenvalue weighted by Crippen LogP contribution is -2.38. The second-order valence-corrected chi connectivity index (χ2v) is 4.41. The van der Waals surface area contributed by atoms with E-state index in [0.717, 1.165) is 25.2 Å². The van der Waals surface area contributed by atoms with Gasteiger partial charge in [0.15, 0.2) is 0 Å². The van der Waals surface area contributed by atoms with Crippen molar-refractivity contribution in [2.24, 2.45) is 0 Å². The van der Waals surface area contributed by atoms with E-state index < -0.39 is 0 Å². The molecule has 0 spiro atoms. The van der Waals surface area contributed by atoms with Crippen LogP contribution in [0.15, 0.2) is 12.4 Å². The quantitative estimate of drug-likeness (QED) is 0.676. The van der Waals surface area contributed by atoms with Crippen LogP contribution < -0.4 is 10.6 Å². The first kappa shape index (κ1) is 13.7. The lowest BCUT2D eigenvalue weighted by molar-refractivity contribution is 0.218. The third-order valence-corrected chi connectivity index (χ3v) is 2.75. The summed E-state index contributed by atoms with van der Waals surface area (Å²) in [6, 6.07) is 0. The zero-order chi connectivity index (χ0) is 12.7. The van der Waals surface area contributed by atoms with Crippen LogP contribution in [0.5, 0.6) is 0 Å². The molecule has 0 amide bonds. The molecule has 1 heterocycles. The van der Waals surface area contributed by atoms with Crippen molar-refractivity contribution in [1.29, 1.82) is 0 Å². The van der Waals surface area contributed by atoms with Gasteiger partial charge in [-0.05, 0) is 19.8 Å². The lowest BCUT2D eigenvalue weighted by Gasteiger charge is -2.27. The van der Waals surface area contributed by atoms with Crippen molar-refractivity contribution in [3.8, 4) is 0 Å². The molecule has 5 nitrogen and oxygen atoms in total. The number of aromatic nitrogens is 2. The molecule has 0 bridgehead atoms. The summed E-state index contributed by atoms with van der Waals surface area (Å²) in [5, 5.41) is 15.7. The molecule has 17 heavy (non-hydrogen) atoms. The molecule has 1 aromatic rings. The molecule has 0 aliphatic carbocycles. The van der Waals surface area contributed by atoms with Crippen molar-refractivity contribution in [3.63, 3.8) is 0 Å². The van der Waals surface area contributed by atoms with E-state index >= 15 is 0 Å². The second-order valence-electron chi connectivity index (χ2n) is 4.41. The van der Waals surface area contributed by atoms with Gasteiger partial charge < -0.3 is 15.7 Å². The van der Waals surface area contributed by atoms with Gasteiger partial charge in [0, 0.05) is 6.54 Å². The van der Waals surface area contributed by atoms with Crippen LogP contribution in [0.2, 0.25) is 0 Å². The Morgan fingerprint density at radius 3 is 2.59 bits per heavy atom. The molecule has 3 N–H and O–H groups in total. The summed E-state index contributed by atoms with van der Waals surface area (Å²) in [6.07, 6.45) is 5.23. The summed E-state index contributed by atoms with van der Waals surface area (Å²) in [5.41, 5.74) is -0.349. The summed E-state index contributed by atoms with van der Waals surface area (Å²) in [4.78, 5) is 8.52. The van der Waals surface area contributed by atoms with E-state index in [1.807, 2.05) is 13.8 Å². The first-order chi connectivity index (χ1) is 8.13. The molecular formula is C12H22N4O. The van der Waals surface area contributed by atoms with Gasteiger partial charge >= 0.3 is 0 Å². The van der Waals surface area contributed by atoms with Crippen LogP contribution in [0.1, 0.15) is 33.6 Å². The van der Waals surface area contributed by atoms with Crippen LogP contribution in [0.25, 0.3) is 0 Å². The maximum absolute atomic E-state index is 9.33. The average molecular weight is 238 g/mol. The summed E-state index contributed by atoms with van der Waals surface area (Å²) >= 11 is 0. The SMILES string of the molecule is CCCNc1cncc(NC(C)(CC)CO)n1. The Morgan fingerprint density at radius 1 is 1.29 bits per heavy atom. The largest absolute Gasteiger partial charge is 0.394 e. The number of nitrogens with one attached hydrogen (secondary N) is 2. The van der Waals surface area contributed by atoms with Gasteiger partial charge in [0.1, 0.15) is 11.6 Å². The van der Waals surface area contributed by atoms with E-state index in [4.69, 9.17) is 0 Å². The summed E-state index contributed by atoms with van der Waals surface area (Å²) in [7, 11) is 0. The van der Waals surface area contributed by atoms with Crippen LogP contribution in [0.3, 0.4) is 0 Å². The van der Waals surface area contributed by atoms with Crippen molar-refractivity contribution in [3.05, 3.63) is 12.4 Å². The van der Waals surface area contributed by atoms with Crippen molar-refractivity contribution in [2.75, 3.05) is 23.8 Å². The fraction of sp³-hybridized carbons (Fsp3) is 0.667. The monoisotopic (exact) mass is 238 g/mol. The van der Waals surface area contributed by atoms with E-state index in [2.05, 4.69) is 27.5 Å². The van der Waals surface area contributed by atoms with Crippen LogP contribution in [0, 0.1) is 0 Å². The van der Waals surface area contributed by atoms with E-state index in [1.165, 1.54) is 0 Å². The smallest absolute Gasteiger partial charge is 0.147 e. The van der Waals surface area contributed by atoms with E-state index in [-0.39, 0.29) is 12.1 Å². The Kier molecular flexibility index (Phi) is 5.15. The topological polar surface area (TPSA) is 70.1 Å². The number of hydrogen-bond acceptors (Lipinski definition) is 5. The van der Waals surface area contributed by atoms with Gasteiger partial charge in [0.05, 0.1) is 24.5 Å². The first-order valence-electron chi connectivity index (χ1n) is 6.08. The molecule has 1 rings (SSSR count). The summed E-state index contributed by atoms with van der Waals surface area (Å²) in [5.74, 6) is 1.44. The van der Waals surface area contributed by atoms with E-state index in [0.29, 0.717) is 5.82 Å². The fourth-order valence-corrected chi connectivity index (χ4v) is 1.31. The van der Waals surface area contributed by atoms with E-state index in [9.17, 15) is 5.11 Å². The third kappa shape index (κ3) is 4.19. The highest BCUT2D eigenvalue weighted by Gasteiger charge is 2.21. The Balaban J connectivity index is 2.71. The third-order valence-electron chi connectivity index (χ3n) is 2.75. The van der Waals surface area contributed by atoms with Gasteiger partial charge in [-0.1, -0.05) is 13.8 Å². The molecule has 1 unspecified atom stereocenters. The number of rotatable bonds is 7. The summed E-state index contributed by atoms with van der Waals surface area (Å²) < 4.78 is 0. The zero-order valence-corrected chi connectivity index (χ0v) is 10.8. The molecule has 5 heteroatoms. The molecule has 1 atom stereocenters. The lowest BCUT2D eigenvalue weighted by atomic mass is 10.0. The maximum atomic E-state index is 9.33. The molecule has 0 aliphatic heterocycles. The predicted octanol–water partition coefficient (Wildman–Crippen LogP) is 1.87. The van der Waals surface area contributed by atoms with E-state index in [1.54, 1.807) is 12.4 Å². The highest BCUT2D eigenvalue weighted by Crippen LogP contribution is 2.16. The first-order valence-corrected chi connectivity index (χ1v) is 6.08. The van der Waals surface area contributed by atoms with Crippen LogP contribution in [0.4, 0.5) is 11.6 Å².